The number of benzene rings is 11. The van der Waals surface area contributed by atoms with Gasteiger partial charge >= 0.3 is 0 Å². The van der Waals surface area contributed by atoms with E-state index in [1.165, 1.54) is 82.9 Å². The predicted molar refractivity (Wildman–Crippen MR) is 287 cm³/mol. The molecule has 14 rings (SSSR count). The van der Waals surface area contributed by atoms with Crippen LogP contribution in [-0.4, -0.2) is 0 Å². The lowest BCUT2D eigenvalue weighted by atomic mass is 9.64. The molecule has 11 aromatic rings. The minimum absolute atomic E-state index is 0.623. The average molecular weight is 880 g/mol. The molecule has 2 heteroatoms. The summed E-state index contributed by atoms with van der Waals surface area (Å²) in [4.78, 5) is 2.44. The smallest absolute Gasteiger partial charge is 0.140 e. The van der Waals surface area contributed by atoms with Crippen LogP contribution in [0.4, 0.5) is 17.1 Å². The number of hydrogen-bond donors (Lipinski definition) is 0. The Kier molecular flexibility index (Phi) is 8.97. The summed E-state index contributed by atoms with van der Waals surface area (Å²) in [7, 11) is 0. The molecule has 0 aromatic heterocycles. The van der Waals surface area contributed by atoms with Gasteiger partial charge < -0.3 is 9.64 Å². The molecule has 2 aliphatic carbocycles. The molecule has 1 spiro atoms. The lowest BCUT2D eigenvalue weighted by molar-refractivity contribution is 0.435. The van der Waals surface area contributed by atoms with Crippen molar-refractivity contribution in [2.24, 2.45) is 0 Å². The second-order valence-electron chi connectivity index (χ2n) is 18.7. The Hall–Kier alpha value is -8.72. The Labute approximate surface area is 402 Å². The van der Waals surface area contributed by atoms with Crippen LogP contribution in [0.3, 0.4) is 0 Å². The number of nitrogens with zero attached hydrogens (tertiary/aromatic N) is 1. The molecular formula is C67H45NO. The standard InChI is InChI=1S/C67H45NO/c1-2-15-44(16-3-1)50-21-14-22-54(42-50)68(53-36-31-46(32-37-53)51-30-29-45-17-4-5-20-49(45)41-51)64-28-13-11-23-55(64)52-33-38-59-58-26-10-12-27-60(58)67(63(59)43-52)61-39-34-47-18-6-8-24-56(47)65(61)69-66-57-25-9-7-19-48(57)35-40-62(66)67/h1-8,10-24,26-43H,9,25H2. The summed E-state index contributed by atoms with van der Waals surface area (Å²) in [6.45, 7) is 0. The summed E-state index contributed by atoms with van der Waals surface area (Å²) in [5, 5.41) is 4.80. The number of rotatable bonds is 6. The van der Waals surface area contributed by atoms with E-state index < -0.39 is 5.41 Å². The summed E-state index contributed by atoms with van der Waals surface area (Å²) in [5.74, 6) is 1.96. The van der Waals surface area contributed by atoms with Crippen molar-refractivity contribution in [1.29, 1.82) is 0 Å². The van der Waals surface area contributed by atoms with Gasteiger partial charge in [-0.15, -0.1) is 0 Å². The van der Waals surface area contributed by atoms with Gasteiger partial charge in [-0.1, -0.05) is 206 Å². The molecule has 11 aromatic carbocycles. The molecule has 2 nitrogen and oxygen atoms in total. The highest BCUT2D eigenvalue weighted by Crippen LogP contribution is 2.64. The third-order valence-electron chi connectivity index (χ3n) is 15.0. The molecular weight excluding hydrogens is 835 g/mol. The quantitative estimate of drug-likeness (QED) is 0.165. The highest BCUT2D eigenvalue weighted by molar-refractivity contribution is 5.98. The van der Waals surface area contributed by atoms with Gasteiger partial charge in [-0.25, -0.2) is 0 Å². The molecule has 0 N–H and O–H groups in total. The van der Waals surface area contributed by atoms with Gasteiger partial charge in [0.25, 0.3) is 0 Å². The SMILES string of the molecule is C1=Cc2ccc3c(c2CC1)Oc1c(ccc2ccccc12)C31c2ccccc2-c2ccc(-c3ccccc3N(c3ccc(-c4ccc5ccccc5c4)cc3)c3cccc(-c4ccccc4)c3)cc21. The van der Waals surface area contributed by atoms with E-state index in [2.05, 4.69) is 254 Å². The van der Waals surface area contributed by atoms with Crippen LogP contribution in [0, 0.1) is 0 Å². The minimum atomic E-state index is -0.623. The van der Waals surface area contributed by atoms with Gasteiger partial charge in [0.1, 0.15) is 11.5 Å². The van der Waals surface area contributed by atoms with Gasteiger partial charge in [-0.05, 0) is 127 Å². The Morgan fingerprint density at radius 3 is 1.93 bits per heavy atom. The molecule has 0 bridgehead atoms. The fraction of sp³-hybridized carbons (Fsp3) is 0.0448. The van der Waals surface area contributed by atoms with E-state index in [1.807, 2.05) is 0 Å². The van der Waals surface area contributed by atoms with E-state index in [4.69, 9.17) is 4.74 Å². The number of ether oxygens (including phenoxy) is 1. The largest absolute Gasteiger partial charge is 0.456 e. The molecule has 0 saturated heterocycles. The minimum Gasteiger partial charge on any atom is -0.456 e. The predicted octanol–water partition coefficient (Wildman–Crippen LogP) is 17.9. The zero-order valence-electron chi connectivity index (χ0n) is 37.9. The van der Waals surface area contributed by atoms with Crippen LogP contribution in [0.2, 0.25) is 0 Å². The van der Waals surface area contributed by atoms with E-state index in [0.717, 1.165) is 57.9 Å². The van der Waals surface area contributed by atoms with E-state index in [1.54, 1.807) is 0 Å². The van der Waals surface area contributed by atoms with Crippen LogP contribution in [0.25, 0.3) is 72.1 Å². The van der Waals surface area contributed by atoms with E-state index in [0.29, 0.717) is 0 Å². The van der Waals surface area contributed by atoms with Crippen molar-refractivity contribution < 1.29 is 4.74 Å². The van der Waals surface area contributed by atoms with Crippen LogP contribution in [0.15, 0.2) is 243 Å². The Morgan fingerprint density at radius 1 is 0.377 bits per heavy atom. The molecule has 0 amide bonds. The maximum atomic E-state index is 7.33. The molecule has 324 valence electrons. The van der Waals surface area contributed by atoms with E-state index >= 15 is 0 Å². The van der Waals surface area contributed by atoms with Gasteiger partial charge in [0.2, 0.25) is 0 Å². The molecule has 1 unspecified atom stereocenters. The average Bonchev–Trinajstić information content (AvgIpc) is 3.71. The van der Waals surface area contributed by atoms with Gasteiger partial charge in [0.15, 0.2) is 0 Å². The zero-order chi connectivity index (χ0) is 45.5. The first-order chi connectivity index (χ1) is 34.2. The summed E-state index contributed by atoms with van der Waals surface area (Å²) >= 11 is 0. The second kappa shape index (κ2) is 15.7. The van der Waals surface area contributed by atoms with Gasteiger partial charge in [-0.2, -0.15) is 0 Å². The van der Waals surface area contributed by atoms with Crippen LogP contribution >= 0.6 is 0 Å². The highest BCUT2D eigenvalue weighted by Gasteiger charge is 2.52. The van der Waals surface area contributed by atoms with Gasteiger partial charge in [-0.3, -0.25) is 0 Å². The number of allylic oxidation sites excluding steroid dienone is 1. The lowest BCUT2D eigenvalue weighted by Gasteiger charge is -2.41. The molecule has 69 heavy (non-hydrogen) atoms. The van der Waals surface area contributed by atoms with Crippen molar-refractivity contribution >= 4 is 44.7 Å². The fourth-order valence-electron chi connectivity index (χ4n) is 11.8. The maximum Gasteiger partial charge on any atom is 0.140 e. The van der Waals surface area contributed by atoms with Crippen molar-refractivity contribution in [2.75, 3.05) is 4.90 Å². The first kappa shape index (κ1) is 39.4. The van der Waals surface area contributed by atoms with Gasteiger partial charge in [0, 0.05) is 39.0 Å². The first-order valence-corrected chi connectivity index (χ1v) is 24.1. The monoisotopic (exact) mass is 879 g/mol. The summed E-state index contributed by atoms with van der Waals surface area (Å²) < 4.78 is 7.33. The second-order valence-corrected chi connectivity index (χ2v) is 18.7. The van der Waals surface area contributed by atoms with Crippen LogP contribution in [-0.2, 0) is 11.8 Å². The number of anilines is 3. The molecule has 0 saturated carbocycles. The van der Waals surface area contributed by atoms with E-state index in [-0.39, 0.29) is 0 Å². The zero-order valence-corrected chi connectivity index (χ0v) is 37.9. The molecule has 1 aliphatic heterocycles. The molecule has 0 radical (unpaired) electrons. The Balaban J connectivity index is 0.984. The molecule has 1 atom stereocenters. The first-order valence-electron chi connectivity index (χ1n) is 24.1. The summed E-state index contributed by atoms with van der Waals surface area (Å²) in [6.07, 6.45) is 6.50. The third-order valence-corrected chi connectivity index (χ3v) is 15.0. The summed E-state index contributed by atoms with van der Waals surface area (Å²) in [5.41, 5.74) is 19.7. The highest BCUT2D eigenvalue weighted by atomic mass is 16.5. The summed E-state index contributed by atoms with van der Waals surface area (Å²) in [6, 6.07) is 87.3. The fourth-order valence-corrected chi connectivity index (χ4v) is 11.8. The van der Waals surface area contributed by atoms with Crippen molar-refractivity contribution in [1.82, 2.24) is 0 Å². The van der Waals surface area contributed by atoms with Crippen molar-refractivity contribution in [3.8, 4) is 56.0 Å². The topological polar surface area (TPSA) is 12.5 Å². The third kappa shape index (κ3) is 6.12. The number of fused-ring (bicyclic) bond motifs is 14. The van der Waals surface area contributed by atoms with E-state index in [9.17, 15) is 0 Å². The Morgan fingerprint density at radius 2 is 1.03 bits per heavy atom. The van der Waals surface area contributed by atoms with Crippen molar-refractivity contribution in [3.05, 3.63) is 276 Å². The maximum absolute atomic E-state index is 7.33. The molecule has 3 aliphatic rings. The van der Waals surface area contributed by atoms with Crippen LogP contribution in [0.5, 0.6) is 11.5 Å². The molecule has 0 fully saturated rings. The number of hydrogen-bond acceptors (Lipinski definition) is 2. The van der Waals surface area contributed by atoms with Crippen LogP contribution < -0.4 is 9.64 Å². The van der Waals surface area contributed by atoms with Crippen molar-refractivity contribution in [3.63, 3.8) is 0 Å². The van der Waals surface area contributed by atoms with Crippen LogP contribution in [0.1, 0.15) is 39.8 Å². The Bertz CT molecular complexity index is 3880. The normalized spacial score (nSPS) is 15.0. The molecule has 1 heterocycles. The van der Waals surface area contributed by atoms with Gasteiger partial charge in [0.05, 0.1) is 11.1 Å². The van der Waals surface area contributed by atoms with Crippen molar-refractivity contribution in [2.45, 2.75) is 18.3 Å². The lowest BCUT2D eigenvalue weighted by Crippen LogP contribution is -2.33. The number of para-hydroxylation sites is 1.